The number of carbonyl (C=O) groups is 2. The van der Waals surface area contributed by atoms with Crippen LogP contribution in [0.4, 0.5) is 5.69 Å². The zero-order valence-corrected chi connectivity index (χ0v) is 19.3. The van der Waals surface area contributed by atoms with Crippen molar-refractivity contribution in [2.45, 2.75) is 39.2 Å². The van der Waals surface area contributed by atoms with Crippen molar-refractivity contribution in [2.24, 2.45) is 10.9 Å². The molecule has 1 saturated carbocycles. The summed E-state index contributed by atoms with van der Waals surface area (Å²) < 4.78 is 0. The van der Waals surface area contributed by atoms with Crippen LogP contribution in [0, 0.1) is 5.92 Å². The van der Waals surface area contributed by atoms with Crippen LogP contribution in [0.1, 0.15) is 38.2 Å². The number of carbonyl (C=O) groups excluding carboxylic acids is 2. The van der Waals surface area contributed by atoms with E-state index in [1.54, 1.807) is 14.1 Å². The first kappa shape index (κ1) is 24.2. The Morgan fingerprint density at radius 2 is 1.89 bits per heavy atom. The lowest BCUT2D eigenvalue weighted by molar-refractivity contribution is -0.127. The molecular formula is C20H32IN5O2. The minimum absolute atomic E-state index is 0. The molecule has 0 radical (unpaired) electrons. The van der Waals surface area contributed by atoms with Crippen LogP contribution in [-0.4, -0.2) is 49.9 Å². The van der Waals surface area contributed by atoms with E-state index in [0.29, 0.717) is 19.0 Å². The molecule has 28 heavy (non-hydrogen) atoms. The summed E-state index contributed by atoms with van der Waals surface area (Å²) in [6, 6.07) is 7.75. The standard InChI is InChI=1S/C20H31N5O2.HI/c1-4-21-20(23-14-18(26)25(2)3)22-13-15-8-7-11-17(12-15)24-19(27)16-9-5-6-10-16;/h7-8,11-12,16H,4-6,9-10,13-14H2,1-3H3,(H,24,27)(H2,21,22,23);1H. The van der Waals surface area contributed by atoms with E-state index in [0.717, 1.165) is 36.9 Å². The molecular weight excluding hydrogens is 469 g/mol. The summed E-state index contributed by atoms with van der Waals surface area (Å²) in [6.45, 7) is 3.33. The van der Waals surface area contributed by atoms with E-state index in [4.69, 9.17) is 0 Å². The Labute approximate surface area is 184 Å². The summed E-state index contributed by atoms with van der Waals surface area (Å²) in [7, 11) is 3.44. The van der Waals surface area contributed by atoms with Crippen molar-refractivity contribution >= 4 is 47.4 Å². The summed E-state index contributed by atoms with van der Waals surface area (Å²) in [5.41, 5.74) is 1.80. The van der Waals surface area contributed by atoms with Crippen LogP contribution in [0.2, 0.25) is 0 Å². The van der Waals surface area contributed by atoms with E-state index in [-0.39, 0.29) is 48.3 Å². The van der Waals surface area contributed by atoms with Gasteiger partial charge in [-0.15, -0.1) is 24.0 Å². The summed E-state index contributed by atoms with van der Waals surface area (Å²) in [5.74, 6) is 0.834. The Kier molecular flexibility index (Phi) is 10.9. The summed E-state index contributed by atoms with van der Waals surface area (Å²) >= 11 is 0. The molecule has 0 aromatic heterocycles. The number of guanidine groups is 1. The highest BCUT2D eigenvalue weighted by molar-refractivity contribution is 14.0. The molecule has 0 spiro atoms. The van der Waals surface area contributed by atoms with Gasteiger partial charge in [-0.3, -0.25) is 9.59 Å². The number of hydrogen-bond donors (Lipinski definition) is 3. The monoisotopic (exact) mass is 501 g/mol. The Morgan fingerprint density at radius 1 is 1.18 bits per heavy atom. The molecule has 8 heteroatoms. The van der Waals surface area contributed by atoms with E-state index >= 15 is 0 Å². The van der Waals surface area contributed by atoms with Crippen LogP contribution >= 0.6 is 24.0 Å². The summed E-state index contributed by atoms with van der Waals surface area (Å²) in [4.78, 5) is 30.1. The molecule has 0 unspecified atom stereocenters. The third kappa shape index (κ3) is 8.04. The zero-order valence-electron chi connectivity index (χ0n) is 17.0. The molecule has 2 amide bonds. The molecule has 0 bridgehead atoms. The van der Waals surface area contributed by atoms with E-state index in [9.17, 15) is 9.59 Å². The van der Waals surface area contributed by atoms with Crippen LogP contribution in [0.3, 0.4) is 0 Å². The van der Waals surface area contributed by atoms with Gasteiger partial charge in [-0.25, -0.2) is 4.99 Å². The predicted molar refractivity (Wildman–Crippen MR) is 124 cm³/mol. The Hall–Kier alpha value is -1.84. The van der Waals surface area contributed by atoms with Crippen LogP contribution < -0.4 is 16.0 Å². The number of benzene rings is 1. The van der Waals surface area contributed by atoms with Gasteiger partial charge in [0.15, 0.2) is 5.96 Å². The first-order valence-electron chi connectivity index (χ1n) is 9.61. The second-order valence-corrected chi connectivity index (χ2v) is 7.01. The molecule has 1 fully saturated rings. The third-order valence-corrected chi connectivity index (χ3v) is 4.59. The molecule has 2 rings (SSSR count). The Bertz CT molecular complexity index is 672. The highest BCUT2D eigenvalue weighted by Gasteiger charge is 2.22. The van der Waals surface area contributed by atoms with Gasteiger partial charge in [0.2, 0.25) is 11.8 Å². The van der Waals surface area contributed by atoms with Crippen molar-refractivity contribution in [1.29, 1.82) is 0 Å². The van der Waals surface area contributed by atoms with Gasteiger partial charge in [0, 0.05) is 32.2 Å². The van der Waals surface area contributed by atoms with Crippen molar-refractivity contribution < 1.29 is 9.59 Å². The number of amides is 2. The van der Waals surface area contributed by atoms with Crippen LogP contribution in [0.15, 0.2) is 29.3 Å². The number of rotatable bonds is 7. The van der Waals surface area contributed by atoms with Gasteiger partial charge >= 0.3 is 0 Å². The topological polar surface area (TPSA) is 85.8 Å². The van der Waals surface area contributed by atoms with Crippen molar-refractivity contribution in [3.05, 3.63) is 29.8 Å². The molecule has 0 atom stereocenters. The fraction of sp³-hybridized carbons (Fsp3) is 0.550. The third-order valence-electron chi connectivity index (χ3n) is 4.59. The largest absolute Gasteiger partial charge is 0.357 e. The second kappa shape index (κ2) is 12.6. The van der Waals surface area contributed by atoms with Crippen LogP contribution in [-0.2, 0) is 16.1 Å². The van der Waals surface area contributed by atoms with Gasteiger partial charge in [0.25, 0.3) is 0 Å². The van der Waals surface area contributed by atoms with Crippen LogP contribution in [0.5, 0.6) is 0 Å². The van der Waals surface area contributed by atoms with E-state index in [1.807, 2.05) is 31.2 Å². The lowest BCUT2D eigenvalue weighted by Gasteiger charge is -2.14. The van der Waals surface area contributed by atoms with Crippen molar-refractivity contribution in [3.63, 3.8) is 0 Å². The van der Waals surface area contributed by atoms with Crippen molar-refractivity contribution in [2.75, 3.05) is 32.5 Å². The van der Waals surface area contributed by atoms with Gasteiger partial charge in [-0.05, 0) is 37.5 Å². The molecule has 0 saturated heterocycles. The number of halogens is 1. The molecule has 3 N–H and O–H groups in total. The lowest BCUT2D eigenvalue weighted by Crippen LogP contribution is -2.42. The molecule has 156 valence electrons. The number of anilines is 1. The fourth-order valence-electron chi connectivity index (χ4n) is 3.01. The summed E-state index contributed by atoms with van der Waals surface area (Å²) in [6.07, 6.45) is 4.26. The number of hydrogen-bond acceptors (Lipinski definition) is 3. The average Bonchev–Trinajstić information content (AvgIpc) is 3.19. The van der Waals surface area contributed by atoms with E-state index < -0.39 is 0 Å². The smallest absolute Gasteiger partial charge is 0.241 e. The normalized spacial score (nSPS) is 14.2. The minimum atomic E-state index is -0.0165. The molecule has 1 aliphatic rings. The minimum Gasteiger partial charge on any atom is -0.357 e. The van der Waals surface area contributed by atoms with Gasteiger partial charge in [0.05, 0.1) is 13.1 Å². The number of nitrogens with zero attached hydrogens (tertiary/aromatic N) is 2. The van der Waals surface area contributed by atoms with Gasteiger partial charge in [-0.1, -0.05) is 25.0 Å². The number of likely N-dealkylation sites (N-methyl/N-ethyl adjacent to an activating group) is 1. The second-order valence-electron chi connectivity index (χ2n) is 7.01. The molecule has 0 aliphatic heterocycles. The SMILES string of the molecule is CCNC(=NCc1cccc(NC(=O)C2CCCC2)c1)NCC(=O)N(C)C.I. The van der Waals surface area contributed by atoms with Crippen LogP contribution in [0.25, 0.3) is 0 Å². The zero-order chi connectivity index (χ0) is 19.6. The number of aliphatic imine (C=N–C) groups is 1. The van der Waals surface area contributed by atoms with Crippen molar-refractivity contribution in [1.82, 2.24) is 15.5 Å². The van der Waals surface area contributed by atoms with Gasteiger partial charge in [-0.2, -0.15) is 0 Å². The fourth-order valence-corrected chi connectivity index (χ4v) is 3.01. The molecule has 0 heterocycles. The quantitative estimate of drug-likeness (QED) is 0.305. The maximum Gasteiger partial charge on any atom is 0.241 e. The maximum atomic E-state index is 12.3. The summed E-state index contributed by atoms with van der Waals surface area (Å²) in [5, 5.41) is 9.18. The highest BCUT2D eigenvalue weighted by atomic mass is 127. The molecule has 7 nitrogen and oxygen atoms in total. The first-order valence-corrected chi connectivity index (χ1v) is 9.61. The average molecular weight is 501 g/mol. The van der Waals surface area contributed by atoms with Crippen molar-refractivity contribution in [3.8, 4) is 0 Å². The van der Waals surface area contributed by atoms with E-state index in [1.165, 1.54) is 4.90 Å². The maximum absolute atomic E-state index is 12.3. The highest BCUT2D eigenvalue weighted by Crippen LogP contribution is 2.26. The lowest BCUT2D eigenvalue weighted by atomic mass is 10.1. The first-order chi connectivity index (χ1) is 13.0. The molecule has 1 aromatic rings. The predicted octanol–water partition coefficient (Wildman–Crippen LogP) is 2.58. The number of nitrogens with one attached hydrogen (secondary N) is 3. The van der Waals surface area contributed by atoms with E-state index in [2.05, 4.69) is 20.9 Å². The molecule has 1 aromatic carbocycles. The Balaban J connectivity index is 0.00000392. The molecule has 1 aliphatic carbocycles. The Morgan fingerprint density at radius 3 is 2.54 bits per heavy atom. The van der Waals surface area contributed by atoms with Gasteiger partial charge < -0.3 is 20.9 Å². The van der Waals surface area contributed by atoms with Gasteiger partial charge in [0.1, 0.15) is 0 Å².